The maximum absolute atomic E-state index is 12.6. The van der Waals surface area contributed by atoms with Crippen LogP contribution in [0.2, 0.25) is 5.02 Å². The minimum atomic E-state index is -0.181. The molecule has 2 aromatic carbocycles. The van der Waals surface area contributed by atoms with Crippen LogP contribution < -0.4 is 5.32 Å². The second kappa shape index (κ2) is 7.49. The number of benzene rings is 2. The Morgan fingerprint density at radius 1 is 1.00 bits per heavy atom. The number of carbonyl (C=O) groups is 1. The van der Waals surface area contributed by atoms with Crippen molar-refractivity contribution < 1.29 is 4.79 Å². The molecule has 1 amide bonds. The molecule has 1 heterocycles. The largest absolute Gasteiger partial charge is 0.345 e. The molecule has 0 spiro atoms. The molecule has 25 heavy (non-hydrogen) atoms. The molecule has 3 aromatic rings. The van der Waals surface area contributed by atoms with Crippen LogP contribution in [0.5, 0.6) is 0 Å². The second-order valence-electron chi connectivity index (χ2n) is 6.04. The van der Waals surface area contributed by atoms with Crippen LogP contribution in [0.3, 0.4) is 0 Å². The van der Waals surface area contributed by atoms with Gasteiger partial charge in [-0.15, -0.1) is 0 Å². The predicted octanol–water partition coefficient (Wildman–Crippen LogP) is 5.20. The number of halogens is 1. The summed E-state index contributed by atoms with van der Waals surface area (Å²) in [6.45, 7) is 4.00. The van der Waals surface area contributed by atoms with Crippen LogP contribution in [0.4, 0.5) is 0 Å². The van der Waals surface area contributed by atoms with Crippen molar-refractivity contribution in [1.82, 2.24) is 10.3 Å². The van der Waals surface area contributed by atoms with Gasteiger partial charge in [-0.3, -0.25) is 9.78 Å². The van der Waals surface area contributed by atoms with Crippen molar-refractivity contribution in [2.75, 3.05) is 0 Å². The van der Waals surface area contributed by atoms with Crippen molar-refractivity contribution in [3.8, 4) is 11.1 Å². The SMILES string of the molecule is Cc1ccc([C@@H](C)NC(=O)c2ccc(-c3ccncc3)cc2Cl)cc1. The van der Waals surface area contributed by atoms with E-state index in [2.05, 4.69) is 10.3 Å². The number of rotatable bonds is 4. The number of aromatic nitrogens is 1. The third-order valence-electron chi connectivity index (χ3n) is 4.15. The molecule has 0 bridgehead atoms. The van der Waals surface area contributed by atoms with Crippen molar-refractivity contribution >= 4 is 17.5 Å². The van der Waals surface area contributed by atoms with Crippen molar-refractivity contribution in [3.63, 3.8) is 0 Å². The van der Waals surface area contributed by atoms with E-state index in [-0.39, 0.29) is 11.9 Å². The van der Waals surface area contributed by atoms with Crippen LogP contribution in [-0.4, -0.2) is 10.9 Å². The lowest BCUT2D eigenvalue weighted by Gasteiger charge is -2.15. The van der Waals surface area contributed by atoms with E-state index in [0.717, 1.165) is 16.7 Å². The number of pyridine rings is 1. The Bertz CT molecular complexity index is 876. The van der Waals surface area contributed by atoms with Crippen molar-refractivity contribution in [2.45, 2.75) is 19.9 Å². The van der Waals surface area contributed by atoms with Gasteiger partial charge in [-0.1, -0.05) is 47.5 Å². The van der Waals surface area contributed by atoms with Gasteiger partial charge in [-0.25, -0.2) is 0 Å². The average Bonchev–Trinajstić information content (AvgIpc) is 2.62. The van der Waals surface area contributed by atoms with Crippen LogP contribution in [0.1, 0.15) is 34.5 Å². The highest BCUT2D eigenvalue weighted by molar-refractivity contribution is 6.34. The van der Waals surface area contributed by atoms with Crippen molar-refractivity contribution in [3.05, 3.63) is 88.7 Å². The van der Waals surface area contributed by atoms with Gasteiger partial charge in [0.25, 0.3) is 5.91 Å². The van der Waals surface area contributed by atoms with E-state index >= 15 is 0 Å². The third kappa shape index (κ3) is 4.06. The van der Waals surface area contributed by atoms with E-state index in [1.54, 1.807) is 18.5 Å². The molecule has 4 heteroatoms. The third-order valence-corrected chi connectivity index (χ3v) is 4.47. The molecule has 0 aliphatic carbocycles. The number of hydrogen-bond donors (Lipinski definition) is 1. The zero-order valence-corrected chi connectivity index (χ0v) is 14.9. The molecule has 0 aliphatic rings. The molecule has 0 saturated carbocycles. The van der Waals surface area contributed by atoms with Gasteiger partial charge in [-0.2, -0.15) is 0 Å². The maximum Gasteiger partial charge on any atom is 0.253 e. The molecule has 1 atom stereocenters. The fourth-order valence-electron chi connectivity index (χ4n) is 2.64. The summed E-state index contributed by atoms with van der Waals surface area (Å²) in [5.74, 6) is -0.181. The summed E-state index contributed by atoms with van der Waals surface area (Å²) in [6, 6.07) is 17.3. The highest BCUT2D eigenvalue weighted by Crippen LogP contribution is 2.26. The first-order valence-electron chi connectivity index (χ1n) is 8.12. The maximum atomic E-state index is 12.6. The number of aryl methyl sites for hydroxylation is 1. The standard InChI is InChI=1S/C21H19ClN2O/c1-14-3-5-16(6-4-14)15(2)24-21(25)19-8-7-18(13-20(19)22)17-9-11-23-12-10-17/h3-13,15H,1-2H3,(H,24,25)/t15-/m1/s1. The van der Waals surface area contributed by atoms with Crippen LogP contribution in [0.15, 0.2) is 67.0 Å². The lowest BCUT2D eigenvalue weighted by molar-refractivity contribution is 0.0940. The van der Waals surface area contributed by atoms with Gasteiger partial charge in [0.2, 0.25) is 0 Å². The molecule has 3 rings (SSSR count). The molecular formula is C21H19ClN2O. The normalized spacial score (nSPS) is 11.8. The first-order chi connectivity index (χ1) is 12.0. The van der Waals surface area contributed by atoms with Gasteiger partial charge in [-0.05, 0) is 54.8 Å². The van der Waals surface area contributed by atoms with Crippen molar-refractivity contribution in [2.24, 2.45) is 0 Å². The summed E-state index contributed by atoms with van der Waals surface area (Å²) in [6.07, 6.45) is 3.46. The van der Waals surface area contributed by atoms with Gasteiger partial charge < -0.3 is 5.32 Å². The van der Waals surface area contributed by atoms with Gasteiger partial charge in [0.15, 0.2) is 0 Å². The summed E-state index contributed by atoms with van der Waals surface area (Å²) in [4.78, 5) is 16.6. The van der Waals surface area contributed by atoms with Crippen LogP contribution >= 0.6 is 11.6 Å². The molecule has 3 nitrogen and oxygen atoms in total. The smallest absolute Gasteiger partial charge is 0.253 e. The lowest BCUT2D eigenvalue weighted by Crippen LogP contribution is -2.26. The van der Waals surface area contributed by atoms with E-state index in [4.69, 9.17) is 11.6 Å². The summed E-state index contributed by atoms with van der Waals surface area (Å²) in [5.41, 5.74) is 4.69. The molecule has 0 fully saturated rings. The molecule has 1 N–H and O–H groups in total. The second-order valence-corrected chi connectivity index (χ2v) is 6.44. The molecule has 0 aliphatic heterocycles. The topological polar surface area (TPSA) is 42.0 Å². The minimum absolute atomic E-state index is 0.0935. The summed E-state index contributed by atoms with van der Waals surface area (Å²) < 4.78 is 0. The molecular weight excluding hydrogens is 332 g/mol. The molecule has 0 radical (unpaired) electrons. The van der Waals surface area contributed by atoms with E-state index in [9.17, 15) is 4.79 Å². The molecule has 126 valence electrons. The first-order valence-corrected chi connectivity index (χ1v) is 8.50. The molecule has 1 aromatic heterocycles. The van der Waals surface area contributed by atoms with E-state index in [0.29, 0.717) is 10.6 Å². The Morgan fingerprint density at radius 2 is 1.68 bits per heavy atom. The lowest BCUT2D eigenvalue weighted by atomic mass is 10.0. The number of nitrogens with zero attached hydrogens (tertiary/aromatic N) is 1. The number of amides is 1. The van der Waals surface area contributed by atoms with E-state index < -0.39 is 0 Å². The van der Waals surface area contributed by atoms with Crippen molar-refractivity contribution in [1.29, 1.82) is 0 Å². The number of hydrogen-bond acceptors (Lipinski definition) is 2. The quantitative estimate of drug-likeness (QED) is 0.702. The Balaban J connectivity index is 1.77. The number of nitrogens with one attached hydrogen (secondary N) is 1. The van der Waals surface area contributed by atoms with Crippen LogP contribution in [0, 0.1) is 6.92 Å². The first kappa shape index (κ1) is 17.2. The minimum Gasteiger partial charge on any atom is -0.345 e. The highest BCUT2D eigenvalue weighted by atomic mass is 35.5. The Hall–Kier alpha value is -2.65. The average molecular weight is 351 g/mol. The zero-order valence-electron chi connectivity index (χ0n) is 14.2. The summed E-state index contributed by atoms with van der Waals surface area (Å²) in [7, 11) is 0. The van der Waals surface area contributed by atoms with Gasteiger partial charge in [0.1, 0.15) is 0 Å². The summed E-state index contributed by atoms with van der Waals surface area (Å²) >= 11 is 6.35. The Labute approximate surface area is 152 Å². The van der Waals surface area contributed by atoms with Gasteiger partial charge >= 0.3 is 0 Å². The Kier molecular flexibility index (Phi) is 5.15. The van der Waals surface area contributed by atoms with E-state index in [1.807, 2.05) is 62.4 Å². The number of carbonyl (C=O) groups excluding carboxylic acids is 1. The fraction of sp³-hybridized carbons (Fsp3) is 0.143. The van der Waals surface area contributed by atoms with Crippen LogP contribution in [-0.2, 0) is 0 Å². The van der Waals surface area contributed by atoms with Gasteiger partial charge in [0.05, 0.1) is 16.6 Å². The summed E-state index contributed by atoms with van der Waals surface area (Å²) in [5, 5.41) is 3.43. The Morgan fingerprint density at radius 3 is 2.32 bits per heavy atom. The molecule has 0 saturated heterocycles. The molecule has 0 unspecified atom stereocenters. The zero-order chi connectivity index (χ0) is 17.8. The van der Waals surface area contributed by atoms with Gasteiger partial charge in [0, 0.05) is 12.4 Å². The van der Waals surface area contributed by atoms with Crippen LogP contribution in [0.25, 0.3) is 11.1 Å². The fourth-order valence-corrected chi connectivity index (χ4v) is 2.90. The highest BCUT2D eigenvalue weighted by Gasteiger charge is 2.15. The predicted molar refractivity (Wildman–Crippen MR) is 102 cm³/mol. The van der Waals surface area contributed by atoms with E-state index in [1.165, 1.54) is 5.56 Å². The monoisotopic (exact) mass is 350 g/mol.